The van der Waals surface area contributed by atoms with Crippen LogP contribution in [0.4, 0.5) is 0 Å². The lowest BCUT2D eigenvalue weighted by molar-refractivity contribution is 1.31. The van der Waals surface area contributed by atoms with Gasteiger partial charge in [-0.05, 0) is 46.3 Å². The molecule has 0 heterocycles. The monoisotopic (exact) mass is 256 g/mol. The third kappa shape index (κ3) is 1.77. The summed E-state index contributed by atoms with van der Waals surface area (Å²) in [4.78, 5) is 0. The summed E-state index contributed by atoms with van der Waals surface area (Å²) in [5.41, 5.74) is 8.61. The summed E-state index contributed by atoms with van der Waals surface area (Å²) in [6.07, 6.45) is 8.78. The van der Waals surface area contributed by atoms with Gasteiger partial charge in [-0.2, -0.15) is 0 Å². The summed E-state index contributed by atoms with van der Waals surface area (Å²) in [6, 6.07) is 19.6. The van der Waals surface area contributed by atoms with Gasteiger partial charge in [-0.15, -0.1) is 0 Å². The van der Waals surface area contributed by atoms with E-state index in [9.17, 15) is 0 Å². The van der Waals surface area contributed by atoms with E-state index in [4.69, 9.17) is 0 Å². The van der Waals surface area contributed by atoms with Crippen LogP contribution in [0.3, 0.4) is 0 Å². The zero-order chi connectivity index (χ0) is 13.4. The first-order valence-electron chi connectivity index (χ1n) is 7.16. The molecule has 0 aliphatic heterocycles. The predicted molar refractivity (Wildman–Crippen MR) is 85.2 cm³/mol. The highest BCUT2D eigenvalue weighted by molar-refractivity contribution is 6.03. The van der Waals surface area contributed by atoms with E-state index in [1.54, 1.807) is 0 Å². The molecule has 20 heavy (non-hydrogen) atoms. The maximum Gasteiger partial charge on any atom is -0.000740 e. The fourth-order valence-electron chi connectivity index (χ4n) is 3.24. The lowest BCUT2D eigenvalue weighted by atomic mass is 9.94. The van der Waals surface area contributed by atoms with Crippen molar-refractivity contribution in [3.63, 3.8) is 0 Å². The van der Waals surface area contributed by atoms with Crippen LogP contribution in [0.15, 0.2) is 78.4 Å². The topological polar surface area (TPSA) is 0 Å². The first kappa shape index (κ1) is 11.5. The molecular formula is C20H16. The highest BCUT2D eigenvalue weighted by Crippen LogP contribution is 2.43. The maximum absolute atomic E-state index is 2.26. The average molecular weight is 256 g/mol. The molecule has 0 N–H and O–H groups in total. The van der Waals surface area contributed by atoms with E-state index in [-0.39, 0.29) is 0 Å². The molecule has 0 saturated heterocycles. The van der Waals surface area contributed by atoms with E-state index in [1.165, 1.54) is 33.4 Å². The van der Waals surface area contributed by atoms with Crippen LogP contribution in [-0.4, -0.2) is 0 Å². The van der Waals surface area contributed by atoms with Crippen molar-refractivity contribution < 1.29 is 0 Å². The Balaban J connectivity index is 1.92. The van der Waals surface area contributed by atoms with Crippen molar-refractivity contribution in [3.8, 4) is 0 Å². The summed E-state index contributed by atoms with van der Waals surface area (Å²) in [5.74, 6) is 0. The predicted octanol–water partition coefficient (Wildman–Crippen LogP) is 5.04. The number of fused-ring (bicyclic) bond motifs is 1. The van der Waals surface area contributed by atoms with Crippen molar-refractivity contribution in [1.29, 1.82) is 0 Å². The third-order valence-electron chi connectivity index (χ3n) is 4.17. The molecule has 0 saturated carbocycles. The van der Waals surface area contributed by atoms with Crippen LogP contribution < -0.4 is 0 Å². The molecule has 0 nitrogen and oxygen atoms in total. The Morgan fingerprint density at radius 1 is 0.800 bits per heavy atom. The molecule has 0 atom stereocenters. The van der Waals surface area contributed by atoms with Gasteiger partial charge >= 0.3 is 0 Å². The minimum atomic E-state index is 1.05. The second-order valence-electron chi connectivity index (χ2n) is 5.38. The van der Waals surface area contributed by atoms with Crippen LogP contribution >= 0.6 is 0 Å². The zero-order valence-corrected chi connectivity index (χ0v) is 11.3. The van der Waals surface area contributed by atoms with Crippen molar-refractivity contribution >= 4 is 11.1 Å². The van der Waals surface area contributed by atoms with Gasteiger partial charge < -0.3 is 0 Å². The molecule has 0 radical (unpaired) electrons. The Morgan fingerprint density at radius 2 is 1.60 bits per heavy atom. The standard InChI is InChI=1S/C20H16/c1-2-8-15(9-3-1)19-14-17-12-6-7-13-18(17)20(19)16-10-4-5-11-16/h1-10,12-13H,11,14H2. The number of rotatable bonds is 2. The van der Waals surface area contributed by atoms with Crippen LogP contribution in [0, 0.1) is 0 Å². The van der Waals surface area contributed by atoms with E-state index in [0.29, 0.717) is 0 Å². The number of hydrogen-bond acceptors (Lipinski definition) is 0. The van der Waals surface area contributed by atoms with Gasteiger partial charge in [0, 0.05) is 0 Å². The molecule has 0 unspecified atom stereocenters. The number of allylic oxidation sites excluding steroid dienone is 6. The Hall–Kier alpha value is -2.34. The van der Waals surface area contributed by atoms with Gasteiger partial charge in [-0.3, -0.25) is 0 Å². The van der Waals surface area contributed by atoms with Crippen molar-refractivity contribution in [2.75, 3.05) is 0 Å². The smallest absolute Gasteiger partial charge is 0.000740 e. The average Bonchev–Trinajstić information content (AvgIpc) is 3.14. The molecule has 2 aliphatic rings. The van der Waals surface area contributed by atoms with Crippen LogP contribution in [0.5, 0.6) is 0 Å². The highest BCUT2D eigenvalue weighted by Gasteiger charge is 2.24. The normalized spacial score (nSPS) is 16.5. The second-order valence-corrected chi connectivity index (χ2v) is 5.38. The van der Waals surface area contributed by atoms with E-state index >= 15 is 0 Å². The Morgan fingerprint density at radius 3 is 2.40 bits per heavy atom. The second kappa shape index (κ2) is 4.64. The summed E-state index contributed by atoms with van der Waals surface area (Å²) >= 11 is 0. The Bertz CT molecular complexity index is 743. The first-order chi connectivity index (χ1) is 9.93. The molecule has 96 valence electrons. The van der Waals surface area contributed by atoms with Gasteiger partial charge in [0.1, 0.15) is 0 Å². The largest absolute Gasteiger partial charge is 0.0801 e. The van der Waals surface area contributed by atoms with E-state index in [0.717, 1.165) is 12.8 Å². The maximum atomic E-state index is 2.26. The van der Waals surface area contributed by atoms with Crippen LogP contribution in [0.2, 0.25) is 0 Å². The molecule has 4 rings (SSSR count). The summed E-state index contributed by atoms with van der Waals surface area (Å²) < 4.78 is 0. The van der Waals surface area contributed by atoms with E-state index in [2.05, 4.69) is 72.8 Å². The van der Waals surface area contributed by atoms with Crippen LogP contribution in [-0.2, 0) is 6.42 Å². The van der Waals surface area contributed by atoms with Gasteiger partial charge in [-0.1, -0.05) is 72.8 Å². The third-order valence-corrected chi connectivity index (χ3v) is 4.17. The van der Waals surface area contributed by atoms with Gasteiger partial charge in [0.15, 0.2) is 0 Å². The molecule has 0 spiro atoms. The lowest BCUT2D eigenvalue weighted by Gasteiger charge is -2.10. The van der Waals surface area contributed by atoms with Crippen molar-refractivity contribution in [1.82, 2.24) is 0 Å². The molecule has 2 aliphatic carbocycles. The Labute approximate surface area is 119 Å². The summed E-state index contributed by atoms with van der Waals surface area (Å²) in [7, 11) is 0. The van der Waals surface area contributed by atoms with Crippen molar-refractivity contribution in [2.45, 2.75) is 12.8 Å². The molecule has 0 aromatic heterocycles. The molecule has 0 bridgehead atoms. The highest BCUT2D eigenvalue weighted by atomic mass is 14.3. The van der Waals surface area contributed by atoms with Gasteiger partial charge in [-0.25, -0.2) is 0 Å². The quantitative estimate of drug-likeness (QED) is 0.706. The first-order valence-corrected chi connectivity index (χ1v) is 7.16. The fraction of sp³-hybridized carbons (Fsp3) is 0.100. The van der Waals surface area contributed by atoms with Gasteiger partial charge in [0.2, 0.25) is 0 Å². The molecule has 2 aromatic carbocycles. The van der Waals surface area contributed by atoms with E-state index in [1.807, 2.05) is 0 Å². The molecular weight excluding hydrogens is 240 g/mol. The zero-order valence-electron chi connectivity index (χ0n) is 11.3. The molecule has 2 aromatic rings. The minimum Gasteiger partial charge on any atom is -0.0801 e. The SMILES string of the molecule is C1=CCC(C2=C(c3ccccc3)Cc3ccccc32)=C1. The number of benzene rings is 2. The van der Waals surface area contributed by atoms with Crippen LogP contribution in [0.25, 0.3) is 11.1 Å². The van der Waals surface area contributed by atoms with Gasteiger partial charge in [0.05, 0.1) is 0 Å². The Kier molecular flexibility index (Phi) is 2.67. The molecule has 0 fully saturated rings. The fourth-order valence-corrected chi connectivity index (χ4v) is 3.24. The lowest BCUT2D eigenvalue weighted by Crippen LogP contribution is -1.89. The molecule has 0 amide bonds. The van der Waals surface area contributed by atoms with E-state index < -0.39 is 0 Å². The minimum absolute atomic E-state index is 1.05. The van der Waals surface area contributed by atoms with Crippen molar-refractivity contribution in [3.05, 3.63) is 95.1 Å². The summed E-state index contributed by atoms with van der Waals surface area (Å²) in [6.45, 7) is 0. The van der Waals surface area contributed by atoms with Crippen molar-refractivity contribution in [2.24, 2.45) is 0 Å². The van der Waals surface area contributed by atoms with Gasteiger partial charge in [0.25, 0.3) is 0 Å². The number of hydrogen-bond donors (Lipinski definition) is 0. The summed E-state index contributed by atoms with van der Waals surface area (Å²) in [5, 5.41) is 0. The molecule has 0 heteroatoms. The van der Waals surface area contributed by atoms with Crippen LogP contribution in [0.1, 0.15) is 23.1 Å².